The summed E-state index contributed by atoms with van der Waals surface area (Å²) in [6.45, 7) is 0.657. The number of benzene rings is 2. The van der Waals surface area contributed by atoms with Gasteiger partial charge in [0.15, 0.2) is 11.6 Å². The van der Waals surface area contributed by atoms with E-state index in [9.17, 15) is 28.6 Å². The normalized spacial score (nSPS) is 27.5. The van der Waals surface area contributed by atoms with Crippen LogP contribution in [0, 0.1) is 60.0 Å². The van der Waals surface area contributed by atoms with Gasteiger partial charge in [0.25, 0.3) is 0 Å². The number of ether oxygens (including phenoxy) is 4. The summed E-state index contributed by atoms with van der Waals surface area (Å²) < 4.78 is 50.0. The molecule has 0 radical (unpaired) electrons. The molecule has 260 valence electrons. The predicted octanol–water partition coefficient (Wildman–Crippen LogP) is 5.79. The number of terminal acetylenes is 2. The van der Waals surface area contributed by atoms with E-state index in [0.717, 1.165) is 37.5 Å². The molecule has 2 aromatic rings. The van der Waals surface area contributed by atoms with Crippen molar-refractivity contribution in [1.82, 2.24) is 0 Å². The fourth-order valence-corrected chi connectivity index (χ4v) is 6.68. The molecule has 2 aromatic carbocycles. The van der Waals surface area contributed by atoms with E-state index in [2.05, 4.69) is 11.8 Å². The highest BCUT2D eigenvalue weighted by Crippen LogP contribution is 2.45. The zero-order valence-electron chi connectivity index (χ0n) is 27.3. The van der Waals surface area contributed by atoms with Crippen LogP contribution < -0.4 is 9.47 Å². The van der Waals surface area contributed by atoms with Gasteiger partial charge in [0.1, 0.15) is 23.3 Å². The highest BCUT2D eigenvalue weighted by molar-refractivity contribution is 5.89. The molecule has 0 amide bonds. The molecule has 7 atom stereocenters. The van der Waals surface area contributed by atoms with E-state index in [-0.39, 0.29) is 60.9 Å². The molecule has 2 saturated carbocycles. The lowest BCUT2D eigenvalue weighted by Crippen LogP contribution is -2.22. The smallest absolute Gasteiger partial charge is 0.338 e. The molecule has 10 heteroatoms. The molecule has 8 nitrogen and oxygen atoms in total. The molecule has 1 saturated heterocycles. The molecule has 5 rings (SSSR count). The van der Waals surface area contributed by atoms with Crippen molar-refractivity contribution in [2.75, 3.05) is 13.2 Å². The predicted molar refractivity (Wildman–Crippen MR) is 176 cm³/mol. The monoisotopic (exact) mass is 676 g/mol. The van der Waals surface area contributed by atoms with Gasteiger partial charge in [-0.1, -0.05) is 12.2 Å². The number of hydrogen-bond donors (Lipinski definition) is 2. The molecule has 49 heavy (non-hydrogen) atoms. The number of carbonyl (C=O) groups is 2. The van der Waals surface area contributed by atoms with E-state index >= 15 is 0 Å². The minimum Gasteiger partial charge on any atom is -0.484 e. The molecule has 0 bridgehead atoms. The third-order valence-corrected chi connectivity index (χ3v) is 9.60. The Labute approximate surface area is 285 Å². The van der Waals surface area contributed by atoms with Crippen molar-refractivity contribution in [3.63, 3.8) is 0 Å². The van der Waals surface area contributed by atoms with Crippen molar-refractivity contribution in [2.45, 2.75) is 81.7 Å². The number of esters is 2. The Hall–Kier alpha value is -4.22. The van der Waals surface area contributed by atoms with Gasteiger partial charge < -0.3 is 29.2 Å². The van der Waals surface area contributed by atoms with Crippen molar-refractivity contribution < 1.29 is 47.5 Å². The summed E-state index contributed by atoms with van der Waals surface area (Å²) in [5, 5.41) is 21.7. The molecule has 2 aliphatic carbocycles. The number of carbonyl (C=O) groups excluding carboxylic acids is 2. The highest BCUT2D eigenvalue weighted by Gasteiger charge is 2.54. The van der Waals surface area contributed by atoms with Crippen LogP contribution >= 0.6 is 0 Å². The van der Waals surface area contributed by atoms with E-state index in [1.165, 1.54) is 12.1 Å². The average Bonchev–Trinajstić information content (AvgIpc) is 3.67. The van der Waals surface area contributed by atoms with Crippen LogP contribution in [0.3, 0.4) is 0 Å². The van der Waals surface area contributed by atoms with Crippen molar-refractivity contribution in [2.24, 2.45) is 23.7 Å². The lowest BCUT2D eigenvalue weighted by atomic mass is 9.86. The summed E-state index contributed by atoms with van der Waals surface area (Å²) in [6.07, 6.45) is 17.5. The Balaban J connectivity index is 1.03. The zero-order valence-corrected chi connectivity index (χ0v) is 27.3. The zero-order chi connectivity index (χ0) is 35.0. The van der Waals surface area contributed by atoms with E-state index in [4.69, 9.17) is 31.8 Å². The van der Waals surface area contributed by atoms with E-state index in [1.54, 1.807) is 18.2 Å². The summed E-state index contributed by atoms with van der Waals surface area (Å²) in [4.78, 5) is 24.9. The lowest BCUT2D eigenvalue weighted by molar-refractivity contribution is -0.134. The molecule has 3 aliphatic rings. The maximum Gasteiger partial charge on any atom is 0.338 e. The van der Waals surface area contributed by atoms with Gasteiger partial charge in [-0.15, -0.1) is 24.7 Å². The molecule has 2 N–H and O–H groups in total. The summed E-state index contributed by atoms with van der Waals surface area (Å²) in [5.74, 6) is 2.92. The van der Waals surface area contributed by atoms with Gasteiger partial charge in [-0.25, -0.2) is 13.6 Å². The fourth-order valence-electron chi connectivity index (χ4n) is 6.68. The van der Waals surface area contributed by atoms with Gasteiger partial charge in [-0.3, -0.25) is 4.79 Å². The van der Waals surface area contributed by atoms with Crippen LogP contribution in [-0.4, -0.2) is 59.3 Å². The maximum absolute atomic E-state index is 14.0. The SMILES string of the molecule is C#CCC(CC#C)COC(=O)c1ccc(OC(=O)CCC[C@H]2CC[C@@H]3[C@@H](/C=C/[C@]4(O)CC4Oc4cc(F)ccc4F)[C@H](O)C[C@@H]3OC2)cc1. The van der Waals surface area contributed by atoms with Crippen LogP contribution in [0.5, 0.6) is 11.5 Å². The van der Waals surface area contributed by atoms with Crippen molar-refractivity contribution in [3.05, 3.63) is 71.8 Å². The maximum atomic E-state index is 14.0. The van der Waals surface area contributed by atoms with Gasteiger partial charge in [0.05, 0.1) is 24.4 Å². The first-order chi connectivity index (χ1) is 23.6. The topological polar surface area (TPSA) is 112 Å². The van der Waals surface area contributed by atoms with E-state index in [1.807, 2.05) is 6.08 Å². The first-order valence-corrected chi connectivity index (χ1v) is 16.8. The van der Waals surface area contributed by atoms with Crippen molar-refractivity contribution in [1.29, 1.82) is 0 Å². The standard InChI is InChI=1S/C39H42F2O8/c1-3-6-25(7-4-2)24-47-38(44)27-11-14-29(15-12-27)48-37(43)9-5-8-26-10-16-31-30(33(42)21-34(31)46-23-26)18-19-39(45)22-36(39)49-35-20-28(40)13-17-32(35)41/h1-2,11-15,17-20,25-26,30-31,33-34,36,42,45H,5-10,16,21-24H2/b19-18+/t26-,30+,31+,33+,34-,36?,39-/m0/s1. The van der Waals surface area contributed by atoms with E-state index in [0.29, 0.717) is 43.6 Å². The fraction of sp³-hybridized carbons (Fsp3) is 0.487. The van der Waals surface area contributed by atoms with Gasteiger partial charge >= 0.3 is 11.9 Å². The number of fused-ring (bicyclic) bond motifs is 1. The van der Waals surface area contributed by atoms with Crippen LogP contribution in [0.2, 0.25) is 0 Å². The Morgan fingerprint density at radius 3 is 2.59 bits per heavy atom. The molecule has 0 aromatic heterocycles. The summed E-state index contributed by atoms with van der Waals surface area (Å²) in [5.41, 5.74) is -0.995. The van der Waals surface area contributed by atoms with Gasteiger partial charge in [-0.2, -0.15) is 0 Å². The van der Waals surface area contributed by atoms with Crippen molar-refractivity contribution >= 4 is 11.9 Å². The highest BCUT2D eigenvalue weighted by atomic mass is 19.1. The van der Waals surface area contributed by atoms with Crippen LogP contribution in [0.25, 0.3) is 0 Å². The second-order valence-electron chi connectivity index (χ2n) is 13.3. The molecule has 1 unspecified atom stereocenters. The van der Waals surface area contributed by atoms with Gasteiger partial charge in [0.2, 0.25) is 0 Å². The van der Waals surface area contributed by atoms with E-state index < -0.39 is 35.4 Å². The number of aliphatic hydroxyl groups excluding tert-OH is 1. The number of rotatable bonds is 14. The first-order valence-electron chi connectivity index (χ1n) is 16.8. The minimum atomic E-state index is -1.32. The van der Waals surface area contributed by atoms with Gasteiger partial charge in [0, 0.05) is 56.6 Å². The quantitative estimate of drug-likeness (QED) is 0.112. The average molecular weight is 677 g/mol. The van der Waals surface area contributed by atoms with Crippen LogP contribution in [0.4, 0.5) is 8.78 Å². The largest absolute Gasteiger partial charge is 0.484 e. The molecule has 1 aliphatic heterocycles. The second kappa shape index (κ2) is 16.5. The molecule has 0 spiro atoms. The van der Waals surface area contributed by atoms with Crippen LogP contribution in [-0.2, 0) is 14.3 Å². The molecule has 3 fully saturated rings. The second-order valence-corrected chi connectivity index (χ2v) is 13.3. The van der Waals surface area contributed by atoms with Crippen molar-refractivity contribution in [3.8, 4) is 36.2 Å². The Kier molecular flexibility index (Phi) is 12.1. The van der Waals surface area contributed by atoms with Gasteiger partial charge in [-0.05, 0) is 73.9 Å². The summed E-state index contributed by atoms with van der Waals surface area (Å²) >= 11 is 0. The Morgan fingerprint density at radius 1 is 1.10 bits per heavy atom. The molecular formula is C39H42F2O8. The summed E-state index contributed by atoms with van der Waals surface area (Å²) in [6, 6.07) is 9.10. The summed E-state index contributed by atoms with van der Waals surface area (Å²) in [7, 11) is 0. The first kappa shape index (κ1) is 36.1. The molecule has 1 heterocycles. The number of halogens is 2. The minimum absolute atomic E-state index is 0.0659. The Bertz CT molecular complexity index is 1560. The Morgan fingerprint density at radius 2 is 1.86 bits per heavy atom. The molecular weight excluding hydrogens is 634 g/mol. The van der Waals surface area contributed by atoms with Crippen LogP contribution in [0.1, 0.15) is 68.1 Å². The number of hydrogen-bond acceptors (Lipinski definition) is 8. The van der Waals surface area contributed by atoms with Crippen LogP contribution in [0.15, 0.2) is 54.6 Å². The third kappa shape index (κ3) is 9.70. The third-order valence-electron chi connectivity index (χ3n) is 9.60. The lowest BCUT2D eigenvalue weighted by Gasteiger charge is -2.21. The number of aliphatic hydroxyl groups is 2.